The summed E-state index contributed by atoms with van der Waals surface area (Å²) in [4.78, 5) is 12.9. The third-order valence-corrected chi connectivity index (χ3v) is 2.66. The largest absolute Gasteiger partial charge is 0.507 e. The van der Waals surface area contributed by atoms with Gasteiger partial charge in [-0.25, -0.2) is 0 Å². The Hall–Kier alpha value is -1.95. The third kappa shape index (κ3) is 2.65. The number of fused-ring (bicyclic) bond motifs is 1. The van der Waals surface area contributed by atoms with E-state index in [1.54, 1.807) is 20.2 Å². The summed E-state index contributed by atoms with van der Waals surface area (Å²) in [7, 11) is 3.39. The Morgan fingerprint density at radius 2 is 2.06 bits per heavy atom. The molecule has 1 heterocycles. The molecule has 18 heavy (non-hydrogen) atoms. The molecule has 98 valence electrons. The lowest BCUT2D eigenvalue weighted by molar-refractivity contribution is -0.127. The molecule has 0 aliphatic carbocycles. The van der Waals surface area contributed by atoms with E-state index in [2.05, 4.69) is 5.32 Å². The van der Waals surface area contributed by atoms with Crippen molar-refractivity contribution in [3.05, 3.63) is 17.7 Å². The fraction of sp³-hybridized carbons (Fsp3) is 0.417. The first kappa shape index (κ1) is 12.5. The van der Waals surface area contributed by atoms with Crippen LogP contribution in [0.2, 0.25) is 0 Å². The van der Waals surface area contributed by atoms with Crippen LogP contribution in [0.4, 0.5) is 0 Å². The van der Waals surface area contributed by atoms with Crippen LogP contribution in [0.1, 0.15) is 5.56 Å². The van der Waals surface area contributed by atoms with Crippen molar-refractivity contribution in [1.29, 1.82) is 0 Å². The van der Waals surface area contributed by atoms with Crippen molar-refractivity contribution < 1.29 is 19.4 Å². The summed E-state index contributed by atoms with van der Waals surface area (Å²) in [6.07, 6.45) is 0. The molecule has 1 aliphatic heterocycles. The summed E-state index contributed by atoms with van der Waals surface area (Å²) in [6, 6.07) is 3.23. The van der Waals surface area contributed by atoms with E-state index in [1.807, 2.05) is 0 Å². The number of aromatic hydroxyl groups is 1. The van der Waals surface area contributed by atoms with E-state index < -0.39 is 0 Å². The predicted molar refractivity (Wildman–Crippen MR) is 64.6 cm³/mol. The highest BCUT2D eigenvalue weighted by molar-refractivity contribution is 5.77. The Balaban J connectivity index is 1.96. The molecule has 0 aromatic heterocycles. The molecule has 1 aromatic rings. The molecule has 0 fully saturated rings. The smallest absolute Gasteiger partial charge is 0.236 e. The fourth-order valence-electron chi connectivity index (χ4n) is 1.58. The predicted octanol–water partition coefficient (Wildman–Crippen LogP) is 0.299. The third-order valence-electron chi connectivity index (χ3n) is 2.66. The van der Waals surface area contributed by atoms with Gasteiger partial charge in [-0.3, -0.25) is 4.79 Å². The van der Waals surface area contributed by atoms with Crippen molar-refractivity contribution in [3.63, 3.8) is 0 Å². The molecule has 2 rings (SSSR count). The number of nitrogens with zero attached hydrogens (tertiary/aromatic N) is 1. The molecule has 1 aliphatic rings. The molecule has 6 nitrogen and oxygen atoms in total. The van der Waals surface area contributed by atoms with Crippen LogP contribution in [0.15, 0.2) is 12.1 Å². The van der Waals surface area contributed by atoms with E-state index in [4.69, 9.17) is 9.47 Å². The van der Waals surface area contributed by atoms with Crippen molar-refractivity contribution in [2.75, 3.05) is 27.4 Å². The molecule has 0 unspecified atom stereocenters. The van der Waals surface area contributed by atoms with Gasteiger partial charge in [-0.1, -0.05) is 0 Å². The highest BCUT2D eigenvalue weighted by Gasteiger charge is 2.16. The zero-order valence-electron chi connectivity index (χ0n) is 10.4. The molecule has 2 N–H and O–H groups in total. The molecule has 0 saturated carbocycles. The number of ether oxygens (including phenoxy) is 2. The number of phenolic OH excluding ortho intramolecular Hbond substituents is 1. The first-order chi connectivity index (χ1) is 8.58. The van der Waals surface area contributed by atoms with Gasteiger partial charge in [-0.15, -0.1) is 0 Å². The quantitative estimate of drug-likeness (QED) is 0.806. The average molecular weight is 252 g/mol. The van der Waals surface area contributed by atoms with Gasteiger partial charge < -0.3 is 24.8 Å². The van der Waals surface area contributed by atoms with Gasteiger partial charge in [0.1, 0.15) is 5.75 Å². The van der Waals surface area contributed by atoms with Crippen LogP contribution >= 0.6 is 0 Å². The molecule has 1 aromatic carbocycles. The van der Waals surface area contributed by atoms with Gasteiger partial charge in [-0.2, -0.15) is 0 Å². The lowest BCUT2D eigenvalue weighted by Crippen LogP contribution is -2.32. The minimum absolute atomic E-state index is 0.0183. The number of carbonyl (C=O) groups excluding carboxylic acids is 1. The summed E-state index contributed by atoms with van der Waals surface area (Å²) >= 11 is 0. The second-order valence-corrected chi connectivity index (χ2v) is 4.23. The van der Waals surface area contributed by atoms with Crippen LogP contribution in [0.25, 0.3) is 0 Å². The average Bonchev–Trinajstić information content (AvgIpc) is 2.75. The molecule has 0 atom stereocenters. The molecule has 1 amide bonds. The van der Waals surface area contributed by atoms with Crippen LogP contribution in [0.3, 0.4) is 0 Å². The second kappa shape index (κ2) is 5.14. The Morgan fingerprint density at radius 1 is 1.39 bits per heavy atom. The first-order valence-electron chi connectivity index (χ1n) is 5.60. The number of hydrogen-bond donors (Lipinski definition) is 2. The maximum absolute atomic E-state index is 11.4. The van der Waals surface area contributed by atoms with Gasteiger partial charge in [0.2, 0.25) is 12.7 Å². The molecule has 0 bridgehead atoms. The minimum atomic E-state index is -0.0183. The van der Waals surface area contributed by atoms with Crippen molar-refractivity contribution in [1.82, 2.24) is 10.2 Å². The zero-order valence-corrected chi connectivity index (χ0v) is 10.4. The van der Waals surface area contributed by atoms with Crippen molar-refractivity contribution in [2.45, 2.75) is 6.54 Å². The number of amides is 1. The van der Waals surface area contributed by atoms with Gasteiger partial charge in [0, 0.05) is 32.3 Å². The fourth-order valence-corrected chi connectivity index (χ4v) is 1.58. The van der Waals surface area contributed by atoms with Crippen molar-refractivity contribution >= 4 is 5.91 Å². The lowest BCUT2D eigenvalue weighted by atomic mass is 10.1. The molecule has 0 spiro atoms. The van der Waals surface area contributed by atoms with Crippen molar-refractivity contribution in [2.24, 2.45) is 0 Å². The van der Waals surface area contributed by atoms with Gasteiger partial charge in [0.15, 0.2) is 11.5 Å². The molecule has 0 saturated heterocycles. The topological polar surface area (TPSA) is 71.0 Å². The van der Waals surface area contributed by atoms with E-state index in [1.165, 1.54) is 11.0 Å². The van der Waals surface area contributed by atoms with E-state index in [0.717, 1.165) is 0 Å². The number of likely N-dealkylation sites (N-methyl/N-ethyl adjacent to an activating group) is 1. The summed E-state index contributed by atoms with van der Waals surface area (Å²) in [6.45, 7) is 0.785. The van der Waals surface area contributed by atoms with Crippen LogP contribution in [0, 0.1) is 0 Å². The van der Waals surface area contributed by atoms with Crippen LogP contribution in [0.5, 0.6) is 17.2 Å². The Kier molecular flexibility index (Phi) is 3.57. The molecule has 0 radical (unpaired) electrons. The van der Waals surface area contributed by atoms with E-state index in [9.17, 15) is 9.90 Å². The number of hydrogen-bond acceptors (Lipinski definition) is 5. The maximum Gasteiger partial charge on any atom is 0.236 e. The highest BCUT2D eigenvalue weighted by atomic mass is 16.7. The normalized spacial score (nSPS) is 12.6. The summed E-state index contributed by atoms with van der Waals surface area (Å²) in [5.41, 5.74) is 0.672. The second-order valence-electron chi connectivity index (χ2n) is 4.23. The number of phenols is 1. The lowest BCUT2D eigenvalue weighted by Gasteiger charge is -2.11. The van der Waals surface area contributed by atoms with E-state index >= 15 is 0 Å². The van der Waals surface area contributed by atoms with Gasteiger partial charge in [0.25, 0.3) is 0 Å². The Bertz CT molecular complexity index is 460. The highest BCUT2D eigenvalue weighted by Crippen LogP contribution is 2.37. The number of benzene rings is 1. The van der Waals surface area contributed by atoms with Crippen LogP contribution in [-0.4, -0.2) is 43.3 Å². The molecular formula is C12H16N2O4. The minimum Gasteiger partial charge on any atom is -0.507 e. The van der Waals surface area contributed by atoms with E-state index in [-0.39, 0.29) is 25.0 Å². The Labute approximate surface area is 105 Å². The van der Waals surface area contributed by atoms with Gasteiger partial charge in [0.05, 0.1) is 6.54 Å². The maximum atomic E-state index is 11.4. The number of nitrogens with one attached hydrogen (secondary N) is 1. The standard InChI is InChI=1S/C12H16N2O4/c1-14(2)12(16)6-13-5-8-3-10-11(4-9(8)15)18-7-17-10/h3-4,13,15H,5-7H2,1-2H3. The first-order valence-corrected chi connectivity index (χ1v) is 5.60. The summed E-state index contributed by atoms with van der Waals surface area (Å²) in [5, 5.41) is 12.7. The monoisotopic (exact) mass is 252 g/mol. The van der Waals surface area contributed by atoms with E-state index in [0.29, 0.717) is 23.6 Å². The number of carbonyl (C=O) groups is 1. The summed E-state index contributed by atoms with van der Waals surface area (Å²) < 4.78 is 10.4. The SMILES string of the molecule is CN(C)C(=O)CNCc1cc2c(cc1O)OCO2. The van der Waals surface area contributed by atoms with Crippen LogP contribution < -0.4 is 14.8 Å². The molecular weight excluding hydrogens is 236 g/mol. The van der Waals surface area contributed by atoms with Gasteiger partial charge >= 0.3 is 0 Å². The van der Waals surface area contributed by atoms with Crippen molar-refractivity contribution in [3.8, 4) is 17.2 Å². The van der Waals surface area contributed by atoms with Crippen LogP contribution in [-0.2, 0) is 11.3 Å². The molecule has 6 heteroatoms. The zero-order chi connectivity index (χ0) is 13.1. The summed E-state index contributed by atoms with van der Waals surface area (Å²) in [5.74, 6) is 1.27. The Morgan fingerprint density at radius 3 is 2.72 bits per heavy atom. The number of rotatable bonds is 4. The van der Waals surface area contributed by atoms with Gasteiger partial charge in [-0.05, 0) is 6.07 Å².